The summed E-state index contributed by atoms with van der Waals surface area (Å²) in [5.74, 6) is -0.356. The molecule has 0 atom stereocenters. The number of rotatable bonds is 5. The van der Waals surface area contributed by atoms with E-state index >= 15 is 0 Å². The molecule has 3 aromatic rings. The van der Waals surface area contributed by atoms with Crippen molar-refractivity contribution in [3.63, 3.8) is 0 Å². The van der Waals surface area contributed by atoms with E-state index in [0.29, 0.717) is 28.4 Å². The Morgan fingerprint density at radius 2 is 1.81 bits per heavy atom. The molecule has 0 aliphatic carbocycles. The first-order chi connectivity index (χ1) is 12.8. The Morgan fingerprint density at radius 1 is 1.19 bits per heavy atom. The van der Waals surface area contributed by atoms with Crippen LogP contribution in [-0.4, -0.2) is 20.7 Å². The Balaban J connectivity index is 2.23. The molecule has 0 bridgehead atoms. The fraction of sp³-hybridized carbons (Fsp3) is 0.318. The number of aromatic carboxylic acids is 1. The molecule has 0 amide bonds. The van der Waals surface area contributed by atoms with E-state index in [1.165, 1.54) is 17.3 Å². The molecule has 27 heavy (non-hydrogen) atoms. The number of aromatic hydroxyl groups is 1. The molecule has 1 heterocycles. The van der Waals surface area contributed by atoms with Gasteiger partial charge in [-0.1, -0.05) is 37.7 Å². The summed E-state index contributed by atoms with van der Waals surface area (Å²) >= 11 is 1.46. The van der Waals surface area contributed by atoms with Crippen molar-refractivity contribution in [3.05, 3.63) is 52.6 Å². The minimum atomic E-state index is -0.972. The molecule has 0 saturated carbocycles. The van der Waals surface area contributed by atoms with E-state index in [4.69, 9.17) is 0 Å². The molecule has 4 nitrogen and oxygen atoms in total. The van der Waals surface area contributed by atoms with Crippen molar-refractivity contribution >= 4 is 28.6 Å². The second kappa shape index (κ2) is 7.31. The highest BCUT2D eigenvalue weighted by Crippen LogP contribution is 2.41. The van der Waals surface area contributed by atoms with Crippen LogP contribution >= 0.6 is 11.8 Å². The Labute approximate surface area is 163 Å². The van der Waals surface area contributed by atoms with E-state index in [1.807, 2.05) is 36.6 Å². The molecular formula is C22H25NO3S. The third-order valence-electron chi connectivity index (χ3n) is 5.00. The third kappa shape index (κ3) is 3.32. The quantitative estimate of drug-likeness (QED) is 0.571. The number of carboxylic acids is 1. The smallest absolute Gasteiger partial charge is 0.339 e. The normalized spacial score (nSPS) is 11.5. The summed E-state index contributed by atoms with van der Waals surface area (Å²) in [5.41, 5.74) is 3.74. The number of carbonyl (C=O) groups is 1. The van der Waals surface area contributed by atoms with Gasteiger partial charge in [-0.3, -0.25) is 0 Å². The molecule has 0 radical (unpaired) electrons. The molecule has 0 fully saturated rings. The summed E-state index contributed by atoms with van der Waals surface area (Å²) in [4.78, 5) is 13.1. The second-order valence-electron chi connectivity index (χ2n) is 7.12. The number of hydrogen-bond donors (Lipinski definition) is 2. The third-order valence-corrected chi connectivity index (χ3v) is 6.13. The fourth-order valence-electron chi connectivity index (χ4n) is 3.48. The van der Waals surface area contributed by atoms with E-state index in [-0.39, 0.29) is 11.3 Å². The van der Waals surface area contributed by atoms with E-state index in [9.17, 15) is 15.0 Å². The number of fused-ring (bicyclic) bond motifs is 1. The molecule has 0 unspecified atom stereocenters. The van der Waals surface area contributed by atoms with Crippen LogP contribution in [0, 0.1) is 13.8 Å². The van der Waals surface area contributed by atoms with Gasteiger partial charge in [0.2, 0.25) is 0 Å². The van der Waals surface area contributed by atoms with Crippen LogP contribution in [-0.2, 0) is 6.54 Å². The zero-order valence-electron chi connectivity index (χ0n) is 16.3. The van der Waals surface area contributed by atoms with Crippen molar-refractivity contribution in [2.75, 3.05) is 0 Å². The standard InChI is InChI=1S/C22H25NO3S/c1-6-23-17-11-13(4)20(24)14(5)18(17)19(22(25)26)21(23)27-16-9-7-15(8-10-16)12(2)3/h7-12,24H,6H2,1-5H3,(H,25,26). The number of carboxylic acid groups (broad SMARTS) is 1. The Bertz CT molecular complexity index is 1020. The van der Waals surface area contributed by atoms with E-state index in [0.717, 1.165) is 16.0 Å². The summed E-state index contributed by atoms with van der Waals surface area (Å²) in [5, 5.41) is 21.6. The number of phenolic OH excluding ortho intramolecular Hbond substituents is 1. The Hall–Kier alpha value is -2.40. The number of nitrogens with zero attached hydrogens (tertiary/aromatic N) is 1. The van der Waals surface area contributed by atoms with Crippen molar-refractivity contribution in [3.8, 4) is 5.75 Å². The molecule has 3 rings (SSSR count). The largest absolute Gasteiger partial charge is 0.507 e. The zero-order valence-corrected chi connectivity index (χ0v) is 17.1. The molecular weight excluding hydrogens is 358 g/mol. The van der Waals surface area contributed by atoms with E-state index in [2.05, 4.69) is 26.0 Å². The van der Waals surface area contributed by atoms with E-state index in [1.54, 1.807) is 6.92 Å². The highest BCUT2D eigenvalue weighted by molar-refractivity contribution is 7.99. The van der Waals surface area contributed by atoms with Gasteiger partial charge in [-0.05, 0) is 56.0 Å². The van der Waals surface area contributed by atoms with Gasteiger partial charge >= 0.3 is 5.97 Å². The zero-order chi connectivity index (χ0) is 19.9. The van der Waals surface area contributed by atoms with Gasteiger partial charge in [-0.2, -0.15) is 0 Å². The maximum atomic E-state index is 12.1. The van der Waals surface area contributed by atoms with Gasteiger partial charge in [0.05, 0.1) is 16.1 Å². The SMILES string of the molecule is CCn1c(Sc2ccc(C(C)C)cc2)c(C(=O)O)c2c(C)c(O)c(C)cc21. The second-order valence-corrected chi connectivity index (χ2v) is 8.18. The number of aromatic nitrogens is 1. The molecule has 0 aliphatic heterocycles. The number of benzene rings is 2. The van der Waals surface area contributed by atoms with Crippen LogP contribution < -0.4 is 0 Å². The summed E-state index contributed by atoms with van der Waals surface area (Å²) in [6.07, 6.45) is 0. The number of aryl methyl sites for hydroxylation is 3. The monoisotopic (exact) mass is 383 g/mol. The van der Waals surface area contributed by atoms with Gasteiger partial charge in [0.15, 0.2) is 0 Å². The number of hydrogen-bond acceptors (Lipinski definition) is 3. The van der Waals surface area contributed by atoms with Crippen LogP contribution in [0.25, 0.3) is 10.9 Å². The Kier molecular flexibility index (Phi) is 5.24. The van der Waals surface area contributed by atoms with Crippen molar-refractivity contribution in [2.45, 2.75) is 57.0 Å². The minimum absolute atomic E-state index is 0.163. The maximum absolute atomic E-state index is 12.1. The van der Waals surface area contributed by atoms with Crippen LogP contribution in [0.2, 0.25) is 0 Å². The lowest BCUT2D eigenvalue weighted by Crippen LogP contribution is -2.01. The molecule has 1 aromatic heterocycles. The first-order valence-corrected chi connectivity index (χ1v) is 9.94. The van der Waals surface area contributed by atoms with Crippen molar-refractivity contribution in [1.82, 2.24) is 4.57 Å². The highest BCUT2D eigenvalue weighted by Gasteiger charge is 2.25. The van der Waals surface area contributed by atoms with Gasteiger partial charge in [-0.25, -0.2) is 4.79 Å². The lowest BCUT2D eigenvalue weighted by molar-refractivity contribution is 0.0694. The summed E-state index contributed by atoms with van der Waals surface area (Å²) < 4.78 is 2.03. The number of phenols is 1. The summed E-state index contributed by atoms with van der Waals surface area (Å²) in [6.45, 7) is 10.6. The molecule has 142 valence electrons. The van der Waals surface area contributed by atoms with Crippen molar-refractivity contribution < 1.29 is 15.0 Å². The van der Waals surface area contributed by atoms with E-state index < -0.39 is 5.97 Å². The van der Waals surface area contributed by atoms with Crippen LogP contribution in [0.4, 0.5) is 0 Å². The van der Waals surface area contributed by atoms with Crippen molar-refractivity contribution in [1.29, 1.82) is 0 Å². The van der Waals surface area contributed by atoms with Gasteiger partial charge in [0.1, 0.15) is 5.75 Å². The van der Waals surface area contributed by atoms with Crippen molar-refractivity contribution in [2.24, 2.45) is 0 Å². The lowest BCUT2D eigenvalue weighted by atomic mass is 10.0. The predicted octanol–water partition coefficient (Wildman–Crippen LogP) is 5.96. The fourth-order valence-corrected chi connectivity index (χ4v) is 4.61. The molecule has 0 spiro atoms. The van der Waals surface area contributed by atoms with Crippen LogP contribution in [0.1, 0.15) is 53.7 Å². The molecule has 5 heteroatoms. The van der Waals surface area contributed by atoms with Crippen LogP contribution in [0.15, 0.2) is 40.3 Å². The molecule has 0 aliphatic rings. The molecule has 0 saturated heterocycles. The van der Waals surface area contributed by atoms with Gasteiger partial charge < -0.3 is 14.8 Å². The minimum Gasteiger partial charge on any atom is -0.507 e. The van der Waals surface area contributed by atoms with Gasteiger partial charge in [0.25, 0.3) is 0 Å². The lowest BCUT2D eigenvalue weighted by Gasteiger charge is -2.10. The van der Waals surface area contributed by atoms with Gasteiger partial charge in [-0.15, -0.1) is 0 Å². The average Bonchev–Trinajstić information content (AvgIpc) is 2.93. The van der Waals surface area contributed by atoms with Crippen LogP contribution in [0.5, 0.6) is 5.75 Å². The maximum Gasteiger partial charge on any atom is 0.339 e. The summed E-state index contributed by atoms with van der Waals surface area (Å²) in [6, 6.07) is 10.1. The molecule has 2 aromatic carbocycles. The summed E-state index contributed by atoms with van der Waals surface area (Å²) in [7, 11) is 0. The highest BCUT2D eigenvalue weighted by atomic mass is 32.2. The molecule has 2 N–H and O–H groups in total. The predicted molar refractivity (Wildman–Crippen MR) is 110 cm³/mol. The first-order valence-electron chi connectivity index (χ1n) is 9.12. The van der Waals surface area contributed by atoms with Crippen LogP contribution in [0.3, 0.4) is 0 Å². The average molecular weight is 384 g/mol. The topological polar surface area (TPSA) is 62.5 Å². The first kappa shape index (κ1) is 19.4. The van der Waals surface area contributed by atoms with Gasteiger partial charge in [0, 0.05) is 22.4 Å². The Morgan fingerprint density at radius 3 is 2.33 bits per heavy atom.